The second-order valence-electron chi connectivity index (χ2n) is 5.31. The minimum atomic E-state index is -3.56. The molecule has 0 radical (unpaired) electrons. The van der Waals surface area contributed by atoms with Crippen molar-refractivity contribution in [3.8, 4) is 0 Å². The highest BCUT2D eigenvalue weighted by Crippen LogP contribution is 2.23. The van der Waals surface area contributed by atoms with Crippen LogP contribution in [0.15, 0.2) is 70.3 Å². The highest BCUT2D eigenvalue weighted by Gasteiger charge is 2.14. The van der Waals surface area contributed by atoms with Gasteiger partial charge in [0.1, 0.15) is 4.21 Å². The normalized spacial score (nSPS) is 11.0. The molecule has 0 unspecified atom stereocenters. The molecule has 2 N–H and O–H groups in total. The number of esters is 1. The second-order valence-corrected chi connectivity index (χ2v) is 8.17. The lowest BCUT2D eigenvalue weighted by atomic mass is 10.2. The van der Waals surface area contributed by atoms with Crippen LogP contribution in [0.2, 0.25) is 0 Å². The molecule has 2 aromatic carbocycles. The maximum absolute atomic E-state index is 12.2. The third-order valence-corrected chi connectivity index (χ3v) is 6.25. The van der Waals surface area contributed by atoms with Crippen LogP contribution in [0.1, 0.15) is 10.4 Å². The highest BCUT2D eigenvalue weighted by molar-refractivity contribution is 7.94. The van der Waals surface area contributed by atoms with Gasteiger partial charge in [0.2, 0.25) is 0 Å². The van der Waals surface area contributed by atoms with Crippen LogP contribution in [0.4, 0.5) is 17.1 Å². The Bertz CT molecular complexity index is 998. The summed E-state index contributed by atoms with van der Waals surface area (Å²) in [5, 5.41) is 4.87. The molecular weight excluding hydrogens is 372 g/mol. The van der Waals surface area contributed by atoms with Crippen LogP contribution >= 0.6 is 11.3 Å². The van der Waals surface area contributed by atoms with E-state index in [1.165, 1.54) is 7.11 Å². The summed E-state index contributed by atoms with van der Waals surface area (Å²) in [4.78, 5) is 11.6. The van der Waals surface area contributed by atoms with Gasteiger partial charge in [0, 0.05) is 17.1 Å². The standard InChI is InChI=1S/C18H16N2O4S2/c1-24-18(21)13-4-2-5-16(12-13)19-14-7-9-15(10-8-14)20-26(22,23)17-6-3-11-25-17/h2-12,19-20H,1H3. The number of nitrogens with one attached hydrogen (secondary N) is 2. The SMILES string of the molecule is COC(=O)c1cccc(Nc2ccc(NS(=O)(=O)c3cccs3)cc2)c1. The van der Waals surface area contributed by atoms with Gasteiger partial charge in [-0.15, -0.1) is 11.3 Å². The van der Waals surface area contributed by atoms with Crippen molar-refractivity contribution >= 4 is 44.4 Å². The van der Waals surface area contributed by atoms with Crippen LogP contribution in [-0.4, -0.2) is 21.5 Å². The molecule has 1 aromatic heterocycles. The number of carbonyl (C=O) groups excluding carboxylic acids is 1. The van der Waals surface area contributed by atoms with Gasteiger partial charge < -0.3 is 10.1 Å². The van der Waals surface area contributed by atoms with Crippen molar-refractivity contribution in [3.05, 3.63) is 71.6 Å². The maximum atomic E-state index is 12.2. The summed E-state index contributed by atoms with van der Waals surface area (Å²) >= 11 is 1.16. The molecular formula is C18H16N2O4S2. The third-order valence-electron chi connectivity index (χ3n) is 3.47. The van der Waals surface area contributed by atoms with Gasteiger partial charge in [-0.1, -0.05) is 12.1 Å². The summed E-state index contributed by atoms with van der Waals surface area (Å²) < 4.78 is 31.9. The first-order valence-electron chi connectivity index (χ1n) is 7.60. The van der Waals surface area contributed by atoms with Crippen molar-refractivity contribution in [1.82, 2.24) is 0 Å². The van der Waals surface area contributed by atoms with Crippen molar-refractivity contribution in [2.45, 2.75) is 4.21 Å². The molecule has 0 fully saturated rings. The fourth-order valence-corrected chi connectivity index (χ4v) is 4.30. The van der Waals surface area contributed by atoms with Crippen molar-refractivity contribution in [2.24, 2.45) is 0 Å². The van der Waals surface area contributed by atoms with Crippen molar-refractivity contribution in [2.75, 3.05) is 17.1 Å². The summed E-state index contributed by atoms with van der Waals surface area (Å²) in [6, 6.07) is 17.0. The molecule has 3 rings (SSSR count). The first-order chi connectivity index (χ1) is 12.5. The van der Waals surface area contributed by atoms with Gasteiger partial charge >= 0.3 is 5.97 Å². The van der Waals surface area contributed by atoms with Gasteiger partial charge in [0.15, 0.2) is 0 Å². The zero-order valence-electron chi connectivity index (χ0n) is 13.8. The fraction of sp³-hybridized carbons (Fsp3) is 0.0556. The Morgan fingerprint density at radius 1 is 0.962 bits per heavy atom. The monoisotopic (exact) mass is 388 g/mol. The summed E-state index contributed by atoms with van der Waals surface area (Å²) in [6.45, 7) is 0. The Morgan fingerprint density at radius 3 is 2.35 bits per heavy atom. The largest absolute Gasteiger partial charge is 0.465 e. The molecule has 134 valence electrons. The Morgan fingerprint density at radius 2 is 1.69 bits per heavy atom. The zero-order chi connectivity index (χ0) is 18.6. The summed E-state index contributed by atoms with van der Waals surface area (Å²) in [5.74, 6) is -0.410. The number of methoxy groups -OCH3 is 1. The average Bonchev–Trinajstić information content (AvgIpc) is 3.18. The molecule has 6 nitrogen and oxygen atoms in total. The van der Waals surface area contributed by atoms with Gasteiger partial charge in [0.05, 0.1) is 12.7 Å². The van der Waals surface area contributed by atoms with Gasteiger partial charge in [-0.25, -0.2) is 13.2 Å². The van der Waals surface area contributed by atoms with Crippen molar-refractivity contribution < 1.29 is 17.9 Å². The topological polar surface area (TPSA) is 84.5 Å². The summed E-state index contributed by atoms with van der Waals surface area (Å²) in [7, 11) is -2.23. The lowest BCUT2D eigenvalue weighted by Gasteiger charge is -2.10. The van der Waals surface area contributed by atoms with Crippen molar-refractivity contribution in [1.29, 1.82) is 0 Å². The van der Waals surface area contributed by atoms with E-state index >= 15 is 0 Å². The molecule has 0 saturated carbocycles. The quantitative estimate of drug-likeness (QED) is 0.622. The number of rotatable bonds is 6. The predicted octanol–water partition coefficient (Wildman–Crippen LogP) is 4.08. The van der Waals surface area contributed by atoms with E-state index in [1.807, 2.05) is 6.07 Å². The third kappa shape index (κ3) is 4.22. The summed E-state index contributed by atoms with van der Waals surface area (Å²) in [6.07, 6.45) is 0. The summed E-state index contributed by atoms with van der Waals surface area (Å²) in [5.41, 5.74) is 2.39. The Kier molecular flexibility index (Phi) is 5.24. The van der Waals surface area contributed by atoms with Gasteiger partial charge in [-0.3, -0.25) is 4.72 Å². The number of sulfonamides is 1. The molecule has 26 heavy (non-hydrogen) atoms. The minimum Gasteiger partial charge on any atom is -0.465 e. The Hall–Kier alpha value is -2.84. The van der Waals surface area contributed by atoms with E-state index in [-0.39, 0.29) is 4.21 Å². The maximum Gasteiger partial charge on any atom is 0.337 e. The van der Waals surface area contributed by atoms with Gasteiger partial charge in [0.25, 0.3) is 10.0 Å². The first-order valence-corrected chi connectivity index (χ1v) is 9.96. The molecule has 0 aliphatic heterocycles. The molecule has 3 aromatic rings. The number of hydrogen-bond donors (Lipinski definition) is 2. The Balaban J connectivity index is 1.71. The molecule has 0 bridgehead atoms. The van der Waals surface area contributed by atoms with E-state index in [0.717, 1.165) is 22.7 Å². The molecule has 8 heteroatoms. The van der Waals surface area contributed by atoms with Crippen LogP contribution in [-0.2, 0) is 14.8 Å². The highest BCUT2D eigenvalue weighted by atomic mass is 32.2. The number of hydrogen-bond acceptors (Lipinski definition) is 6. The lowest BCUT2D eigenvalue weighted by molar-refractivity contribution is 0.0601. The average molecular weight is 388 g/mol. The number of benzene rings is 2. The number of ether oxygens (including phenoxy) is 1. The molecule has 0 saturated heterocycles. The van der Waals surface area contributed by atoms with Crippen LogP contribution < -0.4 is 10.0 Å². The van der Waals surface area contributed by atoms with E-state index in [0.29, 0.717) is 11.3 Å². The van der Waals surface area contributed by atoms with Crippen LogP contribution in [0.25, 0.3) is 0 Å². The van der Waals surface area contributed by atoms with Crippen LogP contribution in [0.3, 0.4) is 0 Å². The van der Waals surface area contributed by atoms with Crippen LogP contribution in [0.5, 0.6) is 0 Å². The smallest absolute Gasteiger partial charge is 0.337 e. The van der Waals surface area contributed by atoms with E-state index in [4.69, 9.17) is 4.74 Å². The molecule has 0 aliphatic carbocycles. The number of carbonyl (C=O) groups is 1. The molecule has 0 spiro atoms. The zero-order valence-corrected chi connectivity index (χ0v) is 15.4. The van der Waals surface area contributed by atoms with E-state index in [1.54, 1.807) is 60.0 Å². The fourth-order valence-electron chi connectivity index (χ4n) is 2.25. The van der Waals surface area contributed by atoms with E-state index < -0.39 is 16.0 Å². The molecule has 0 amide bonds. The van der Waals surface area contributed by atoms with Gasteiger partial charge in [-0.05, 0) is 53.9 Å². The minimum absolute atomic E-state index is 0.263. The van der Waals surface area contributed by atoms with Crippen LogP contribution in [0, 0.1) is 0 Å². The second kappa shape index (κ2) is 7.59. The van der Waals surface area contributed by atoms with E-state index in [2.05, 4.69) is 10.0 Å². The molecule has 0 atom stereocenters. The molecule has 1 heterocycles. The number of thiophene rings is 1. The van der Waals surface area contributed by atoms with Crippen molar-refractivity contribution in [3.63, 3.8) is 0 Å². The first kappa shape index (κ1) is 18.0. The molecule has 0 aliphatic rings. The predicted molar refractivity (Wildman–Crippen MR) is 103 cm³/mol. The Labute approximate surface area is 155 Å². The van der Waals surface area contributed by atoms with E-state index in [9.17, 15) is 13.2 Å². The van der Waals surface area contributed by atoms with Gasteiger partial charge in [-0.2, -0.15) is 0 Å². The number of anilines is 3. The lowest BCUT2D eigenvalue weighted by Crippen LogP contribution is -2.11.